The van der Waals surface area contributed by atoms with E-state index in [1.807, 2.05) is 13.2 Å². The second-order valence-electron chi connectivity index (χ2n) is 5.50. The van der Waals surface area contributed by atoms with Crippen molar-refractivity contribution in [2.24, 2.45) is 0 Å². The second kappa shape index (κ2) is 7.43. The highest BCUT2D eigenvalue weighted by Crippen LogP contribution is 2.29. The summed E-state index contributed by atoms with van der Waals surface area (Å²) in [5.74, 6) is 0.873. The van der Waals surface area contributed by atoms with Crippen LogP contribution in [0.2, 0.25) is 0 Å². The summed E-state index contributed by atoms with van der Waals surface area (Å²) in [6, 6.07) is 7.14. The highest BCUT2D eigenvalue weighted by Gasteiger charge is 2.23. The lowest BCUT2D eigenvalue weighted by Gasteiger charge is -2.31. The standard InChI is InChI=1S/C16H24BrNO2/c1-11(12-7-8-16(20-3)15(17)9-12)18-13-5-4-6-14(10-13)19-2/h7-9,11,13-14,18H,4-6,10H2,1-3H3. The lowest BCUT2D eigenvalue weighted by Crippen LogP contribution is -2.38. The van der Waals surface area contributed by atoms with Crippen LogP contribution in [-0.2, 0) is 4.74 Å². The topological polar surface area (TPSA) is 30.5 Å². The summed E-state index contributed by atoms with van der Waals surface area (Å²) in [6.07, 6.45) is 5.20. The first-order valence-corrected chi connectivity index (χ1v) is 8.05. The Morgan fingerprint density at radius 3 is 2.75 bits per heavy atom. The molecule has 1 aliphatic rings. The van der Waals surface area contributed by atoms with E-state index in [2.05, 4.69) is 40.3 Å². The largest absolute Gasteiger partial charge is 0.496 e. The van der Waals surface area contributed by atoms with Crippen molar-refractivity contribution in [1.29, 1.82) is 0 Å². The number of hydrogen-bond donors (Lipinski definition) is 1. The average Bonchev–Trinajstić information content (AvgIpc) is 2.47. The van der Waals surface area contributed by atoms with Gasteiger partial charge in [-0.1, -0.05) is 6.07 Å². The van der Waals surface area contributed by atoms with Gasteiger partial charge in [0.2, 0.25) is 0 Å². The van der Waals surface area contributed by atoms with Crippen molar-refractivity contribution in [3.63, 3.8) is 0 Å². The fraction of sp³-hybridized carbons (Fsp3) is 0.625. The fourth-order valence-corrected chi connectivity index (χ4v) is 3.47. The van der Waals surface area contributed by atoms with E-state index in [0.717, 1.165) is 16.6 Å². The first kappa shape index (κ1) is 15.8. The molecule has 1 fully saturated rings. The van der Waals surface area contributed by atoms with E-state index in [1.165, 1.54) is 24.8 Å². The van der Waals surface area contributed by atoms with E-state index in [-0.39, 0.29) is 0 Å². The first-order valence-electron chi connectivity index (χ1n) is 7.26. The van der Waals surface area contributed by atoms with Crippen molar-refractivity contribution in [3.8, 4) is 5.75 Å². The molecule has 0 heterocycles. The highest BCUT2D eigenvalue weighted by atomic mass is 79.9. The zero-order chi connectivity index (χ0) is 14.5. The van der Waals surface area contributed by atoms with Gasteiger partial charge in [0.1, 0.15) is 5.75 Å². The molecule has 1 saturated carbocycles. The molecule has 1 N–H and O–H groups in total. The summed E-state index contributed by atoms with van der Waals surface area (Å²) >= 11 is 3.55. The van der Waals surface area contributed by atoms with Crippen molar-refractivity contribution in [3.05, 3.63) is 28.2 Å². The number of hydrogen-bond acceptors (Lipinski definition) is 3. The zero-order valence-corrected chi connectivity index (χ0v) is 14.1. The van der Waals surface area contributed by atoms with Gasteiger partial charge in [0.05, 0.1) is 17.7 Å². The van der Waals surface area contributed by atoms with Crippen LogP contribution in [-0.4, -0.2) is 26.4 Å². The lowest BCUT2D eigenvalue weighted by atomic mass is 9.92. The van der Waals surface area contributed by atoms with Gasteiger partial charge in [-0.15, -0.1) is 0 Å². The maximum Gasteiger partial charge on any atom is 0.133 e. The predicted molar refractivity (Wildman–Crippen MR) is 85.3 cm³/mol. The van der Waals surface area contributed by atoms with Crippen LogP contribution in [0.15, 0.2) is 22.7 Å². The maximum atomic E-state index is 5.49. The van der Waals surface area contributed by atoms with Crippen molar-refractivity contribution >= 4 is 15.9 Å². The molecular formula is C16H24BrNO2. The van der Waals surface area contributed by atoms with Gasteiger partial charge in [-0.2, -0.15) is 0 Å². The van der Waals surface area contributed by atoms with E-state index in [4.69, 9.17) is 9.47 Å². The van der Waals surface area contributed by atoms with Gasteiger partial charge in [-0.05, 0) is 66.2 Å². The second-order valence-corrected chi connectivity index (χ2v) is 6.36. The quantitative estimate of drug-likeness (QED) is 0.875. The van der Waals surface area contributed by atoms with Crippen LogP contribution in [0.25, 0.3) is 0 Å². The number of nitrogens with one attached hydrogen (secondary N) is 1. The van der Waals surface area contributed by atoms with Gasteiger partial charge in [0, 0.05) is 19.2 Å². The monoisotopic (exact) mass is 341 g/mol. The summed E-state index contributed by atoms with van der Waals surface area (Å²) in [7, 11) is 3.51. The molecule has 0 aliphatic heterocycles. The van der Waals surface area contributed by atoms with Gasteiger partial charge in [0.25, 0.3) is 0 Å². The molecular weight excluding hydrogens is 318 g/mol. The Labute approximate surface area is 130 Å². The third kappa shape index (κ3) is 3.96. The van der Waals surface area contributed by atoms with Crippen molar-refractivity contribution in [2.75, 3.05) is 14.2 Å². The van der Waals surface area contributed by atoms with Crippen LogP contribution in [0, 0.1) is 0 Å². The SMILES string of the molecule is COc1ccc(C(C)NC2CCCC(OC)C2)cc1Br. The van der Waals surface area contributed by atoms with E-state index >= 15 is 0 Å². The Kier molecular flexibility index (Phi) is 5.87. The van der Waals surface area contributed by atoms with Gasteiger partial charge >= 0.3 is 0 Å². The van der Waals surface area contributed by atoms with Gasteiger partial charge in [-0.3, -0.25) is 0 Å². The van der Waals surface area contributed by atoms with Crippen LogP contribution in [0.3, 0.4) is 0 Å². The molecule has 0 amide bonds. The normalized spacial score (nSPS) is 24.4. The lowest BCUT2D eigenvalue weighted by molar-refractivity contribution is 0.0572. The average molecular weight is 342 g/mol. The molecule has 0 radical (unpaired) electrons. The summed E-state index contributed by atoms with van der Waals surface area (Å²) in [4.78, 5) is 0. The van der Waals surface area contributed by atoms with Gasteiger partial charge in [0.15, 0.2) is 0 Å². The molecule has 3 atom stereocenters. The van der Waals surface area contributed by atoms with Crippen LogP contribution < -0.4 is 10.1 Å². The van der Waals surface area contributed by atoms with E-state index < -0.39 is 0 Å². The number of ether oxygens (including phenoxy) is 2. The molecule has 0 saturated heterocycles. The Bertz CT molecular complexity index is 438. The van der Waals surface area contributed by atoms with Crippen molar-refractivity contribution < 1.29 is 9.47 Å². The Morgan fingerprint density at radius 2 is 2.10 bits per heavy atom. The summed E-state index contributed by atoms with van der Waals surface area (Å²) in [5, 5.41) is 3.72. The smallest absolute Gasteiger partial charge is 0.133 e. The van der Waals surface area contributed by atoms with E-state index in [0.29, 0.717) is 18.2 Å². The molecule has 112 valence electrons. The Hall–Kier alpha value is -0.580. The minimum atomic E-state index is 0.331. The van der Waals surface area contributed by atoms with Crippen molar-refractivity contribution in [1.82, 2.24) is 5.32 Å². The number of rotatable bonds is 5. The number of benzene rings is 1. The van der Waals surface area contributed by atoms with E-state index in [1.54, 1.807) is 7.11 Å². The molecule has 1 aromatic rings. The third-order valence-corrected chi connectivity index (χ3v) is 4.74. The minimum absolute atomic E-state index is 0.331. The molecule has 0 bridgehead atoms. The molecule has 3 unspecified atom stereocenters. The third-order valence-electron chi connectivity index (χ3n) is 4.12. The zero-order valence-electron chi connectivity index (χ0n) is 12.5. The summed E-state index contributed by atoms with van der Waals surface area (Å²) in [5.41, 5.74) is 1.28. The van der Waals surface area contributed by atoms with Crippen LogP contribution in [0.4, 0.5) is 0 Å². The highest BCUT2D eigenvalue weighted by molar-refractivity contribution is 9.10. The molecule has 0 aromatic heterocycles. The Balaban J connectivity index is 1.97. The summed E-state index contributed by atoms with van der Waals surface area (Å²) < 4.78 is 11.8. The maximum absolute atomic E-state index is 5.49. The number of methoxy groups -OCH3 is 2. The molecule has 20 heavy (non-hydrogen) atoms. The minimum Gasteiger partial charge on any atom is -0.496 e. The molecule has 1 aliphatic carbocycles. The summed E-state index contributed by atoms with van der Waals surface area (Å²) in [6.45, 7) is 2.21. The van der Waals surface area contributed by atoms with Crippen LogP contribution >= 0.6 is 15.9 Å². The molecule has 1 aromatic carbocycles. The molecule has 4 heteroatoms. The molecule has 0 spiro atoms. The molecule has 3 nitrogen and oxygen atoms in total. The predicted octanol–water partition coefficient (Wildman–Crippen LogP) is 4.07. The fourth-order valence-electron chi connectivity index (χ4n) is 2.91. The first-order chi connectivity index (χ1) is 9.63. The van der Waals surface area contributed by atoms with Crippen molar-refractivity contribution in [2.45, 2.75) is 50.8 Å². The Morgan fingerprint density at radius 1 is 1.30 bits per heavy atom. The van der Waals surface area contributed by atoms with Crippen LogP contribution in [0.5, 0.6) is 5.75 Å². The van der Waals surface area contributed by atoms with Gasteiger partial charge < -0.3 is 14.8 Å². The number of halogens is 1. The van der Waals surface area contributed by atoms with E-state index in [9.17, 15) is 0 Å². The van der Waals surface area contributed by atoms with Gasteiger partial charge in [-0.25, -0.2) is 0 Å². The van der Waals surface area contributed by atoms with Crippen LogP contribution in [0.1, 0.15) is 44.2 Å². The molecule has 2 rings (SSSR count).